The third-order valence-corrected chi connectivity index (χ3v) is 3.39. The maximum atomic E-state index is 10.6. The standard InChI is InChI=1S/C15H15NO3/c17-14(18)8-6-11-9-19-13-7-5-10-3-1-2-4-12(10)15(13)16-11/h1-5,7,11,16H,6,8-9H2,(H,17,18). The lowest BCUT2D eigenvalue weighted by Gasteiger charge is -2.28. The minimum atomic E-state index is -0.773. The van der Waals surface area contributed by atoms with Crippen LogP contribution < -0.4 is 10.1 Å². The number of ether oxygens (including phenoxy) is 1. The smallest absolute Gasteiger partial charge is 0.303 e. The molecule has 0 fully saturated rings. The van der Waals surface area contributed by atoms with E-state index in [-0.39, 0.29) is 12.5 Å². The van der Waals surface area contributed by atoms with Crippen LogP contribution in [0.1, 0.15) is 12.8 Å². The van der Waals surface area contributed by atoms with Gasteiger partial charge in [0.2, 0.25) is 0 Å². The summed E-state index contributed by atoms with van der Waals surface area (Å²) in [5.41, 5.74) is 0.972. The second kappa shape index (κ2) is 4.80. The number of fused-ring (bicyclic) bond motifs is 3. The van der Waals surface area contributed by atoms with Crippen LogP contribution >= 0.6 is 0 Å². The summed E-state index contributed by atoms with van der Waals surface area (Å²) < 4.78 is 5.72. The first-order chi connectivity index (χ1) is 9.24. The van der Waals surface area contributed by atoms with Gasteiger partial charge in [-0.3, -0.25) is 4.79 Å². The van der Waals surface area contributed by atoms with Crippen molar-refractivity contribution >= 4 is 22.4 Å². The Kier molecular flexibility index (Phi) is 2.99. The molecule has 98 valence electrons. The molecule has 3 rings (SSSR count). The number of hydrogen-bond acceptors (Lipinski definition) is 3. The summed E-state index contributed by atoms with van der Waals surface area (Å²) in [6.45, 7) is 0.513. The van der Waals surface area contributed by atoms with Crippen molar-refractivity contribution in [3.63, 3.8) is 0 Å². The number of hydrogen-bond donors (Lipinski definition) is 2. The van der Waals surface area contributed by atoms with Crippen LogP contribution in [0.2, 0.25) is 0 Å². The van der Waals surface area contributed by atoms with Gasteiger partial charge in [-0.1, -0.05) is 30.3 Å². The highest BCUT2D eigenvalue weighted by atomic mass is 16.5. The van der Waals surface area contributed by atoms with Crippen LogP contribution in [-0.4, -0.2) is 23.7 Å². The minimum Gasteiger partial charge on any atom is -0.489 e. The van der Waals surface area contributed by atoms with Gasteiger partial charge < -0.3 is 15.2 Å². The Morgan fingerprint density at radius 1 is 1.32 bits per heavy atom. The van der Waals surface area contributed by atoms with Crippen molar-refractivity contribution in [3.05, 3.63) is 36.4 Å². The Balaban J connectivity index is 1.90. The average Bonchev–Trinajstić information content (AvgIpc) is 2.44. The fourth-order valence-electron chi connectivity index (χ4n) is 2.41. The van der Waals surface area contributed by atoms with E-state index in [1.165, 1.54) is 0 Å². The fraction of sp³-hybridized carbons (Fsp3) is 0.267. The topological polar surface area (TPSA) is 58.6 Å². The molecule has 0 radical (unpaired) electrons. The monoisotopic (exact) mass is 257 g/mol. The van der Waals surface area contributed by atoms with Crippen LogP contribution in [-0.2, 0) is 4.79 Å². The molecule has 4 heteroatoms. The first-order valence-corrected chi connectivity index (χ1v) is 6.37. The second-order valence-electron chi connectivity index (χ2n) is 4.74. The maximum Gasteiger partial charge on any atom is 0.303 e. The lowest BCUT2D eigenvalue weighted by atomic mass is 10.0. The molecule has 1 unspecified atom stereocenters. The molecule has 1 aliphatic rings. The molecule has 0 aromatic heterocycles. The number of carboxylic acids is 1. The summed E-state index contributed by atoms with van der Waals surface area (Å²) in [5.74, 6) is 0.0655. The molecule has 2 N–H and O–H groups in total. The van der Waals surface area contributed by atoms with E-state index in [2.05, 4.69) is 11.4 Å². The largest absolute Gasteiger partial charge is 0.489 e. The SMILES string of the molecule is O=C(O)CCC1COc2ccc3ccccc3c2N1. The summed E-state index contributed by atoms with van der Waals surface area (Å²) >= 11 is 0. The Labute approximate surface area is 111 Å². The molecule has 2 aromatic carbocycles. The molecule has 1 atom stereocenters. The van der Waals surface area contributed by atoms with Crippen molar-refractivity contribution in [1.29, 1.82) is 0 Å². The van der Waals surface area contributed by atoms with Gasteiger partial charge in [-0.15, -0.1) is 0 Å². The summed E-state index contributed by atoms with van der Waals surface area (Å²) in [5, 5.41) is 14.4. The van der Waals surface area contributed by atoms with Gasteiger partial charge in [0.25, 0.3) is 0 Å². The van der Waals surface area contributed by atoms with Crippen molar-refractivity contribution < 1.29 is 14.6 Å². The summed E-state index contributed by atoms with van der Waals surface area (Å²) in [6.07, 6.45) is 0.721. The quantitative estimate of drug-likeness (QED) is 0.887. The predicted octanol–water partition coefficient (Wildman–Crippen LogP) is 2.88. The highest BCUT2D eigenvalue weighted by molar-refractivity contribution is 5.97. The molecule has 1 heterocycles. The van der Waals surface area contributed by atoms with Gasteiger partial charge in [0.1, 0.15) is 12.4 Å². The lowest BCUT2D eigenvalue weighted by molar-refractivity contribution is -0.137. The van der Waals surface area contributed by atoms with Crippen molar-refractivity contribution in [3.8, 4) is 5.75 Å². The summed E-state index contributed by atoms with van der Waals surface area (Å²) in [4.78, 5) is 10.6. The molecule has 0 bridgehead atoms. The number of benzene rings is 2. The van der Waals surface area contributed by atoms with E-state index < -0.39 is 5.97 Å². The zero-order valence-electron chi connectivity index (χ0n) is 10.4. The van der Waals surface area contributed by atoms with E-state index in [0.29, 0.717) is 13.0 Å². The second-order valence-corrected chi connectivity index (χ2v) is 4.74. The molecule has 0 amide bonds. The molecule has 19 heavy (non-hydrogen) atoms. The molecular formula is C15H15NO3. The number of rotatable bonds is 3. The van der Waals surface area contributed by atoms with E-state index in [4.69, 9.17) is 9.84 Å². The molecule has 1 aliphatic heterocycles. The Morgan fingerprint density at radius 2 is 2.16 bits per heavy atom. The molecule has 0 spiro atoms. The number of carboxylic acid groups (broad SMARTS) is 1. The predicted molar refractivity (Wildman–Crippen MR) is 73.7 cm³/mol. The van der Waals surface area contributed by atoms with E-state index in [1.807, 2.05) is 30.3 Å². The Bertz CT molecular complexity index is 624. The number of aliphatic carboxylic acids is 1. The summed E-state index contributed by atoms with van der Waals surface area (Å²) in [6, 6.07) is 12.1. The Hall–Kier alpha value is -2.23. The minimum absolute atomic E-state index is 0.0504. The maximum absolute atomic E-state index is 10.6. The highest BCUT2D eigenvalue weighted by Gasteiger charge is 2.21. The van der Waals surface area contributed by atoms with E-state index >= 15 is 0 Å². The third-order valence-electron chi connectivity index (χ3n) is 3.39. The van der Waals surface area contributed by atoms with Crippen molar-refractivity contribution in [2.75, 3.05) is 11.9 Å². The van der Waals surface area contributed by atoms with Crippen molar-refractivity contribution in [1.82, 2.24) is 0 Å². The van der Waals surface area contributed by atoms with Crippen molar-refractivity contribution in [2.24, 2.45) is 0 Å². The van der Waals surface area contributed by atoms with Gasteiger partial charge >= 0.3 is 5.97 Å². The first kappa shape index (κ1) is 11.8. The van der Waals surface area contributed by atoms with Crippen LogP contribution in [0.25, 0.3) is 10.8 Å². The van der Waals surface area contributed by atoms with Crippen molar-refractivity contribution in [2.45, 2.75) is 18.9 Å². The summed E-state index contributed by atoms with van der Waals surface area (Å²) in [7, 11) is 0. The lowest BCUT2D eigenvalue weighted by Crippen LogP contribution is -2.32. The highest BCUT2D eigenvalue weighted by Crippen LogP contribution is 2.36. The van der Waals surface area contributed by atoms with Crippen LogP contribution in [0.4, 0.5) is 5.69 Å². The average molecular weight is 257 g/mol. The van der Waals surface area contributed by atoms with E-state index in [0.717, 1.165) is 22.2 Å². The first-order valence-electron chi connectivity index (χ1n) is 6.37. The van der Waals surface area contributed by atoms with Gasteiger partial charge in [-0.05, 0) is 17.9 Å². The van der Waals surface area contributed by atoms with E-state index in [1.54, 1.807) is 0 Å². The molecular weight excluding hydrogens is 242 g/mol. The Morgan fingerprint density at radius 3 is 3.00 bits per heavy atom. The van der Waals surface area contributed by atoms with Crippen LogP contribution in [0, 0.1) is 0 Å². The van der Waals surface area contributed by atoms with Crippen LogP contribution in [0.5, 0.6) is 5.75 Å². The molecule has 2 aromatic rings. The molecule has 0 saturated heterocycles. The van der Waals surface area contributed by atoms with Gasteiger partial charge in [-0.2, -0.15) is 0 Å². The normalized spacial score (nSPS) is 17.4. The number of nitrogens with one attached hydrogen (secondary N) is 1. The molecule has 0 aliphatic carbocycles. The zero-order chi connectivity index (χ0) is 13.2. The van der Waals surface area contributed by atoms with Gasteiger partial charge in [0.05, 0.1) is 11.7 Å². The van der Waals surface area contributed by atoms with Crippen LogP contribution in [0.3, 0.4) is 0 Å². The molecule has 0 saturated carbocycles. The van der Waals surface area contributed by atoms with E-state index in [9.17, 15) is 4.79 Å². The van der Waals surface area contributed by atoms with Gasteiger partial charge in [0.15, 0.2) is 0 Å². The number of anilines is 1. The molecule has 4 nitrogen and oxygen atoms in total. The zero-order valence-corrected chi connectivity index (χ0v) is 10.4. The number of carbonyl (C=O) groups is 1. The fourth-order valence-corrected chi connectivity index (χ4v) is 2.41. The van der Waals surface area contributed by atoms with Gasteiger partial charge in [0, 0.05) is 11.8 Å². The third kappa shape index (κ3) is 2.34. The van der Waals surface area contributed by atoms with Crippen LogP contribution in [0.15, 0.2) is 36.4 Å². The van der Waals surface area contributed by atoms with Gasteiger partial charge in [-0.25, -0.2) is 0 Å².